The number of nitrogens with two attached hydrogens (primary N) is 1. The summed E-state index contributed by atoms with van der Waals surface area (Å²) in [6.07, 6.45) is 1.34. The van der Waals surface area contributed by atoms with E-state index in [1.165, 1.54) is 23.1 Å². The van der Waals surface area contributed by atoms with Crippen molar-refractivity contribution in [3.63, 3.8) is 0 Å². The fourth-order valence-electron chi connectivity index (χ4n) is 1.58. The molecule has 2 rings (SSSR count). The van der Waals surface area contributed by atoms with E-state index in [0.717, 1.165) is 0 Å². The van der Waals surface area contributed by atoms with Gasteiger partial charge in [0.25, 0.3) is 0 Å². The van der Waals surface area contributed by atoms with Crippen molar-refractivity contribution in [3.8, 4) is 5.75 Å². The minimum atomic E-state index is -0.533. The first-order valence-corrected chi connectivity index (χ1v) is 5.95. The van der Waals surface area contributed by atoms with Crippen LogP contribution in [0.3, 0.4) is 0 Å². The molecule has 0 radical (unpaired) electrons. The Bertz CT molecular complexity index is 614. The number of aromatic nitrogens is 3. The van der Waals surface area contributed by atoms with E-state index >= 15 is 0 Å². The first-order chi connectivity index (χ1) is 9.58. The summed E-state index contributed by atoms with van der Waals surface area (Å²) in [5.74, 6) is -0.660. The molecular formula is C12H14FN5O2. The molecule has 2 aromatic rings. The van der Waals surface area contributed by atoms with Gasteiger partial charge in [0.05, 0.1) is 6.61 Å². The van der Waals surface area contributed by atoms with E-state index in [4.69, 9.17) is 10.5 Å². The van der Waals surface area contributed by atoms with Gasteiger partial charge in [0.15, 0.2) is 11.6 Å². The van der Waals surface area contributed by atoms with Gasteiger partial charge in [-0.1, -0.05) is 0 Å². The van der Waals surface area contributed by atoms with Crippen LogP contribution in [-0.4, -0.2) is 27.3 Å². The Labute approximate surface area is 114 Å². The van der Waals surface area contributed by atoms with Gasteiger partial charge in [-0.15, -0.1) is 5.10 Å². The molecule has 1 heterocycles. The van der Waals surface area contributed by atoms with E-state index in [9.17, 15) is 9.18 Å². The molecule has 0 saturated carbocycles. The molecule has 1 aromatic heterocycles. The number of carbonyl (C=O) groups excluding carboxylic acids is 1. The predicted octanol–water partition coefficient (Wildman–Crippen LogP) is 1.04. The van der Waals surface area contributed by atoms with Crippen LogP contribution in [0.2, 0.25) is 0 Å². The Morgan fingerprint density at radius 1 is 1.55 bits per heavy atom. The van der Waals surface area contributed by atoms with E-state index < -0.39 is 5.82 Å². The molecule has 20 heavy (non-hydrogen) atoms. The number of anilines is 2. The highest BCUT2D eigenvalue weighted by Crippen LogP contribution is 2.21. The Hall–Kier alpha value is -2.64. The second-order valence-corrected chi connectivity index (χ2v) is 3.93. The van der Waals surface area contributed by atoms with Crippen LogP contribution < -0.4 is 15.8 Å². The third-order valence-electron chi connectivity index (χ3n) is 2.38. The van der Waals surface area contributed by atoms with Crippen molar-refractivity contribution in [2.75, 3.05) is 17.7 Å². The van der Waals surface area contributed by atoms with Gasteiger partial charge in [-0.3, -0.25) is 4.79 Å². The van der Waals surface area contributed by atoms with Crippen LogP contribution in [0.5, 0.6) is 5.75 Å². The molecule has 8 heteroatoms. The minimum absolute atomic E-state index is 0.0565. The first kappa shape index (κ1) is 13.8. The van der Waals surface area contributed by atoms with Gasteiger partial charge < -0.3 is 15.8 Å². The number of rotatable bonds is 5. The highest BCUT2D eigenvalue weighted by Gasteiger charge is 2.08. The van der Waals surface area contributed by atoms with Crippen LogP contribution >= 0.6 is 0 Å². The molecule has 106 valence electrons. The van der Waals surface area contributed by atoms with Crippen molar-refractivity contribution in [2.24, 2.45) is 0 Å². The van der Waals surface area contributed by atoms with E-state index in [1.54, 1.807) is 13.0 Å². The number of carbonyl (C=O) groups is 1. The number of nitrogen functional groups attached to an aromatic ring is 1. The Balaban J connectivity index is 1.99. The largest absolute Gasteiger partial charge is 0.491 e. The first-order valence-electron chi connectivity index (χ1n) is 5.95. The summed E-state index contributed by atoms with van der Waals surface area (Å²) in [6, 6.07) is 4.21. The Kier molecular flexibility index (Phi) is 4.14. The van der Waals surface area contributed by atoms with E-state index in [-0.39, 0.29) is 24.1 Å². The Morgan fingerprint density at radius 3 is 2.95 bits per heavy atom. The van der Waals surface area contributed by atoms with Crippen LogP contribution in [0.4, 0.5) is 16.0 Å². The molecule has 7 nitrogen and oxygen atoms in total. The Morgan fingerprint density at radius 2 is 2.35 bits per heavy atom. The van der Waals surface area contributed by atoms with Crippen molar-refractivity contribution in [3.05, 3.63) is 30.3 Å². The number of nitrogens with one attached hydrogen (secondary N) is 1. The SMILES string of the molecule is CCOc1ccc(NC(=O)Cn2cnc(N)n2)cc1F. The van der Waals surface area contributed by atoms with Crippen molar-refractivity contribution in [2.45, 2.75) is 13.5 Å². The maximum atomic E-state index is 13.6. The third kappa shape index (κ3) is 3.44. The number of nitrogens with zero attached hydrogens (tertiary/aromatic N) is 3. The van der Waals surface area contributed by atoms with Crippen molar-refractivity contribution < 1.29 is 13.9 Å². The third-order valence-corrected chi connectivity index (χ3v) is 2.38. The zero-order valence-electron chi connectivity index (χ0n) is 10.8. The number of halogens is 1. The average molecular weight is 279 g/mol. The van der Waals surface area contributed by atoms with Gasteiger partial charge in [0, 0.05) is 11.8 Å². The van der Waals surface area contributed by atoms with Gasteiger partial charge in [-0.25, -0.2) is 14.1 Å². The maximum absolute atomic E-state index is 13.6. The van der Waals surface area contributed by atoms with Crippen LogP contribution in [0.1, 0.15) is 6.92 Å². The molecule has 0 atom stereocenters. The van der Waals surface area contributed by atoms with Crippen LogP contribution in [0.15, 0.2) is 24.5 Å². The predicted molar refractivity (Wildman–Crippen MR) is 70.6 cm³/mol. The normalized spacial score (nSPS) is 10.3. The standard InChI is InChI=1S/C12H14FN5O2/c1-2-20-10-4-3-8(5-9(10)13)16-11(19)6-18-7-15-12(14)17-18/h3-5,7H,2,6H2,1H3,(H2,14,17)(H,16,19). The molecule has 1 amide bonds. The number of ether oxygens (including phenoxy) is 1. The van der Waals surface area contributed by atoms with Crippen molar-refractivity contribution in [1.82, 2.24) is 14.8 Å². The van der Waals surface area contributed by atoms with Gasteiger partial charge in [-0.2, -0.15) is 0 Å². The number of benzene rings is 1. The zero-order valence-corrected chi connectivity index (χ0v) is 10.8. The van der Waals surface area contributed by atoms with Crippen molar-refractivity contribution >= 4 is 17.5 Å². The summed E-state index contributed by atoms with van der Waals surface area (Å²) in [5, 5.41) is 6.32. The lowest BCUT2D eigenvalue weighted by Gasteiger charge is -2.08. The molecule has 0 aliphatic carbocycles. The molecule has 0 saturated heterocycles. The van der Waals surface area contributed by atoms with Gasteiger partial charge in [-0.05, 0) is 19.1 Å². The van der Waals surface area contributed by atoms with Crippen LogP contribution in [-0.2, 0) is 11.3 Å². The summed E-state index contributed by atoms with van der Waals surface area (Å²) in [5.41, 5.74) is 5.67. The lowest BCUT2D eigenvalue weighted by Crippen LogP contribution is -2.19. The highest BCUT2D eigenvalue weighted by atomic mass is 19.1. The molecule has 0 aliphatic heterocycles. The number of hydrogen-bond acceptors (Lipinski definition) is 5. The van der Waals surface area contributed by atoms with Crippen molar-refractivity contribution in [1.29, 1.82) is 0 Å². The summed E-state index contributed by atoms with van der Waals surface area (Å²) in [7, 11) is 0. The van der Waals surface area contributed by atoms with Gasteiger partial charge >= 0.3 is 0 Å². The quantitative estimate of drug-likeness (QED) is 0.852. The minimum Gasteiger partial charge on any atom is -0.491 e. The van der Waals surface area contributed by atoms with Crippen LogP contribution in [0, 0.1) is 5.82 Å². The van der Waals surface area contributed by atoms with Crippen LogP contribution in [0.25, 0.3) is 0 Å². The van der Waals surface area contributed by atoms with E-state index in [1.807, 2.05) is 0 Å². The van der Waals surface area contributed by atoms with Gasteiger partial charge in [0.1, 0.15) is 12.9 Å². The molecule has 0 spiro atoms. The van der Waals surface area contributed by atoms with E-state index in [2.05, 4.69) is 15.4 Å². The average Bonchev–Trinajstić information content (AvgIpc) is 2.78. The molecular weight excluding hydrogens is 265 g/mol. The molecule has 0 fully saturated rings. The summed E-state index contributed by atoms with van der Waals surface area (Å²) in [6.45, 7) is 2.08. The zero-order chi connectivity index (χ0) is 14.5. The highest BCUT2D eigenvalue weighted by molar-refractivity contribution is 5.90. The maximum Gasteiger partial charge on any atom is 0.246 e. The number of amides is 1. The summed E-state index contributed by atoms with van der Waals surface area (Å²) < 4.78 is 20.0. The fraction of sp³-hybridized carbons (Fsp3) is 0.250. The molecule has 1 aromatic carbocycles. The molecule has 0 aliphatic rings. The second-order valence-electron chi connectivity index (χ2n) is 3.93. The fourth-order valence-corrected chi connectivity index (χ4v) is 1.58. The monoisotopic (exact) mass is 279 g/mol. The topological polar surface area (TPSA) is 95.1 Å². The van der Waals surface area contributed by atoms with Gasteiger partial charge in [0.2, 0.25) is 11.9 Å². The smallest absolute Gasteiger partial charge is 0.246 e. The summed E-state index contributed by atoms with van der Waals surface area (Å²) >= 11 is 0. The molecule has 0 bridgehead atoms. The lowest BCUT2D eigenvalue weighted by atomic mass is 10.3. The van der Waals surface area contributed by atoms with E-state index in [0.29, 0.717) is 12.3 Å². The summed E-state index contributed by atoms with van der Waals surface area (Å²) in [4.78, 5) is 15.4. The molecule has 3 N–H and O–H groups in total. The lowest BCUT2D eigenvalue weighted by molar-refractivity contribution is -0.116. The second kappa shape index (κ2) is 6.00. The number of hydrogen-bond donors (Lipinski definition) is 2. The molecule has 0 unspecified atom stereocenters.